The van der Waals surface area contributed by atoms with Gasteiger partial charge in [0, 0.05) is 42.4 Å². The molecular weight excluding hydrogens is 312 g/mol. The van der Waals surface area contributed by atoms with Gasteiger partial charge in [-0.25, -0.2) is 0 Å². The van der Waals surface area contributed by atoms with Gasteiger partial charge >= 0.3 is 0 Å². The highest BCUT2D eigenvalue weighted by Gasteiger charge is 2.35. The molecule has 25 heavy (non-hydrogen) atoms. The summed E-state index contributed by atoms with van der Waals surface area (Å²) in [6, 6.07) is 0.541. The minimum absolute atomic E-state index is 0.142. The van der Waals surface area contributed by atoms with Crippen LogP contribution in [-0.4, -0.2) is 41.3 Å². The summed E-state index contributed by atoms with van der Waals surface area (Å²) in [7, 11) is 0. The van der Waals surface area contributed by atoms with Crippen molar-refractivity contribution in [3.05, 3.63) is 0 Å². The molecule has 1 N–H and O–H groups in total. The average molecular weight is 351 g/mol. The number of amides is 1. The first-order chi connectivity index (χ1) is 11.5. The predicted octanol–water partition coefficient (Wildman–Crippen LogP) is 3.79. The molecule has 0 aromatic heterocycles. The number of nitrogens with one attached hydrogen (secondary N) is 1. The Morgan fingerprint density at radius 2 is 1.56 bits per heavy atom. The fourth-order valence-electron chi connectivity index (χ4n) is 4.12. The van der Waals surface area contributed by atoms with E-state index in [2.05, 4.69) is 26.1 Å². The van der Waals surface area contributed by atoms with Crippen LogP contribution in [0.25, 0.3) is 0 Å². The molecule has 1 heterocycles. The molecule has 2 aliphatic rings. The lowest BCUT2D eigenvalue weighted by Gasteiger charge is -2.35. The molecule has 0 radical (unpaired) electrons. The second-order valence-corrected chi connectivity index (χ2v) is 10.3. The molecule has 1 saturated carbocycles. The lowest BCUT2D eigenvalue weighted by molar-refractivity contribution is -0.136. The first-order valence-electron chi connectivity index (χ1n) is 10.1. The largest absolute Gasteiger partial charge is 0.342 e. The van der Waals surface area contributed by atoms with Crippen LogP contribution < -0.4 is 5.32 Å². The summed E-state index contributed by atoms with van der Waals surface area (Å²) in [5.74, 6) is 1.20. The number of hydrogen-bond donors (Lipinski definition) is 1. The third kappa shape index (κ3) is 6.09. The van der Waals surface area contributed by atoms with Crippen LogP contribution in [0, 0.1) is 17.3 Å². The zero-order valence-corrected chi connectivity index (χ0v) is 17.2. The summed E-state index contributed by atoms with van der Waals surface area (Å²) in [4.78, 5) is 27.1. The Morgan fingerprint density at radius 1 is 0.960 bits per heavy atom. The van der Waals surface area contributed by atoms with E-state index >= 15 is 0 Å². The van der Waals surface area contributed by atoms with E-state index in [9.17, 15) is 9.59 Å². The molecule has 0 unspecified atom stereocenters. The fourth-order valence-corrected chi connectivity index (χ4v) is 4.12. The maximum atomic E-state index is 12.8. The van der Waals surface area contributed by atoms with Crippen molar-refractivity contribution in [2.24, 2.45) is 17.3 Å². The second-order valence-electron chi connectivity index (χ2n) is 10.3. The van der Waals surface area contributed by atoms with Gasteiger partial charge in [0.25, 0.3) is 0 Å². The molecule has 2 rings (SSSR count). The third-order valence-electron chi connectivity index (χ3n) is 5.62. The lowest BCUT2D eigenvalue weighted by Crippen LogP contribution is -2.46. The monoisotopic (exact) mass is 350 g/mol. The Morgan fingerprint density at radius 3 is 2.08 bits per heavy atom. The maximum absolute atomic E-state index is 12.8. The smallest absolute Gasteiger partial charge is 0.225 e. The zero-order valence-electron chi connectivity index (χ0n) is 17.2. The molecule has 0 aromatic carbocycles. The minimum atomic E-state index is -0.268. The summed E-state index contributed by atoms with van der Waals surface area (Å²) in [6.07, 6.45) is 5.77. The van der Waals surface area contributed by atoms with E-state index in [0.717, 1.165) is 45.2 Å². The van der Waals surface area contributed by atoms with Crippen LogP contribution >= 0.6 is 0 Å². The molecule has 4 heteroatoms. The van der Waals surface area contributed by atoms with E-state index < -0.39 is 0 Å². The van der Waals surface area contributed by atoms with Crippen LogP contribution in [0.3, 0.4) is 0 Å². The predicted molar refractivity (Wildman–Crippen MR) is 102 cm³/mol. The van der Waals surface area contributed by atoms with Crippen LogP contribution in [0.2, 0.25) is 0 Å². The van der Waals surface area contributed by atoms with Gasteiger partial charge in [-0.1, -0.05) is 20.8 Å². The van der Waals surface area contributed by atoms with Crippen LogP contribution in [-0.2, 0) is 9.59 Å². The van der Waals surface area contributed by atoms with Gasteiger partial charge in [-0.3, -0.25) is 9.59 Å². The van der Waals surface area contributed by atoms with Crippen LogP contribution in [0.1, 0.15) is 80.1 Å². The molecule has 2 fully saturated rings. The van der Waals surface area contributed by atoms with Crippen molar-refractivity contribution >= 4 is 11.7 Å². The molecule has 1 saturated heterocycles. The molecule has 4 nitrogen and oxygen atoms in total. The number of Topliss-reactive ketones (excluding diaryl/α,β-unsaturated/α-hetero) is 1. The Kier molecular flexibility index (Phi) is 6.35. The van der Waals surface area contributed by atoms with Crippen LogP contribution in [0.15, 0.2) is 0 Å². The van der Waals surface area contributed by atoms with Gasteiger partial charge in [0.1, 0.15) is 5.78 Å². The molecule has 0 bridgehead atoms. The average Bonchev–Trinajstić information content (AvgIpc) is 2.93. The maximum Gasteiger partial charge on any atom is 0.225 e. The summed E-state index contributed by atoms with van der Waals surface area (Å²) >= 11 is 0. The number of nitrogens with zero attached hydrogens (tertiary/aromatic N) is 1. The van der Waals surface area contributed by atoms with E-state index in [1.807, 2.05) is 25.7 Å². The Balaban J connectivity index is 1.78. The highest BCUT2D eigenvalue weighted by Crippen LogP contribution is 2.31. The van der Waals surface area contributed by atoms with Crippen molar-refractivity contribution < 1.29 is 9.59 Å². The quantitative estimate of drug-likeness (QED) is 0.839. The van der Waals surface area contributed by atoms with E-state index in [-0.39, 0.29) is 16.9 Å². The highest BCUT2D eigenvalue weighted by molar-refractivity contribution is 5.84. The standard InChI is InChI=1S/C21H38N2O2/c1-20(2,3)18(24)13-15-11-12-23(14-15)19(25)16-7-9-17(10-8-16)22-21(4,5)6/h15-17,22H,7-14H2,1-6H3/t15-,16-,17+/m0/s1. The Labute approximate surface area is 154 Å². The van der Waals surface area contributed by atoms with Gasteiger partial charge in [-0.05, 0) is 58.8 Å². The molecule has 1 aliphatic heterocycles. The van der Waals surface area contributed by atoms with Gasteiger partial charge in [0.05, 0.1) is 0 Å². The van der Waals surface area contributed by atoms with Gasteiger partial charge < -0.3 is 10.2 Å². The SMILES string of the molecule is CC(C)(C)N[C@H]1CC[C@@H](C(=O)N2CC[C@@H](CC(=O)C(C)(C)C)C2)CC1. The number of rotatable bonds is 4. The molecule has 0 spiro atoms. The van der Waals surface area contributed by atoms with Gasteiger partial charge in [-0.2, -0.15) is 0 Å². The lowest BCUT2D eigenvalue weighted by atomic mass is 9.84. The van der Waals surface area contributed by atoms with E-state index in [4.69, 9.17) is 0 Å². The number of likely N-dealkylation sites (tertiary alicyclic amines) is 1. The van der Waals surface area contributed by atoms with Gasteiger partial charge in [0.2, 0.25) is 5.91 Å². The first-order valence-corrected chi connectivity index (χ1v) is 10.1. The zero-order chi connectivity index (χ0) is 18.8. The number of ketones is 1. The van der Waals surface area contributed by atoms with Gasteiger partial charge in [-0.15, -0.1) is 0 Å². The molecule has 1 aliphatic carbocycles. The first kappa shape index (κ1) is 20.4. The topological polar surface area (TPSA) is 49.4 Å². The highest BCUT2D eigenvalue weighted by atomic mass is 16.2. The fraction of sp³-hybridized carbons (Fsp3) is 0.905. The minimum Gasteiger partial charge on any atom is -0.342 e. The summed E-state index contributed by atoms with van der Waals surface area (Å²) < 4.78 is 0. The van der Waals surface area contributed by atoms with Crippen LogP contribution in [0.4, 0.5) is 0 Å². The number of carbonyl (C=O) groups is 2. The van der Waals surface area contributed by atoms with Crippen molar-refractivity contribution in [2.75, 3.05) is 13.1 Å². The number of carbonyl (C=O) groups excluding carboxylic acids is 2. The summed E-state index contributed by atoms with van der Waals surface area (Å²) in [6.45, 7) is 14.2. The normalized spacial score (nSPS) is 28.2. The van der Waals surface area contributed by atoms with E-state index in [1.165, 1.54) is 0 Å². The van der Waals surface area contributed by atoms with Crippen molar-refractivity contribution in [3.63, 3.8) is 0 Å². The van der Waals surface area contributed by atoms with Crippen molar-refractivity contribution in [3.8, 4) is 0 Å². The molecule has 0 aromatic rings. The van der Waals surface area contributed by atoms with E-state index in [0.29, 0.717) is 30.1 Å². The summed E-state index contributed by atoms with van der Waals surface area (Å²) in [5, 5.41) is 3.67. The third-order valence-corrected chi connectivity index (χ3v) is 5.62. The Bertz CT molecular complexity index is 479. The van der Waals surface area contributed by atoms with Crippen molar-refractivity contribution in [2.45, 2.75) is 91.6 Å². The molecule has 1 atom stereocenters. The second kappa shape index (κ2) is 7.77. The summed E-state index contributed by atoms with van der Waals surface area (Å²) in [5.41, 5.74) is -0.126. The van der Waals surface area contributed by atoms with Gasteiger partial charge in [0.15, 0.2) is 0 Å². The van der Waals surface area contributed by atoms with E-state index in [1.54, 1.807) is 0 Å². The number of hydrogen-bond acceptors (Lipinski definition) is 3. The van der Waals surface area contributed by atoms with Crippen molar-refractivity contribution in [1.82, 2.24) is 10.2 Å². The molecule has 1 amide bonds. The molecular formula is C21H38N2O2. The van der Waals surface area contributed by atoms with Crippen LogP contribution in [0.5, 0.6) is 0 Å². The molecule has 144 valence electrons. The Hall–Kier alpha value is -0.900. The van der Waals surface area contributed by atoms with Crippen molar-refractivity contribution in [1.29, 1.82) is 0 Å².